The summed E-state index contributed by atoms with van der Waals surface area (Å²) in [5, 5.41) is 16.7. The van der Waals surface area contributed by atoms with Crippen LogP contribution in [0, 0.1) is 5.92 Å². The Morgan fingerprint density at radius 2 is 1.49 bits per heavy atom. The first-order valence-electron chi connectivity index (χ1n) is 11.2. The molecule has 4 unspecified atom stereocenters. The summed E-state index contributed by atoms with van der Waals surface area (Å²) in [4.78, 5) is 25.3. The molecule has 3 aromatic carbocycles. The monoisotopic (exact) mass is 507 g/mol. The maximum Gasteiger partial charge on any atom is 0.246 e. The first-order chi connectivity index (χ1) is 16.9. The quantitative estimate of drug-likeness (QED) is 0.340. The minimum atomic E-state index is -0.973. The second kappa shape index (κ2) is 9.84. The minimum absolute atomic E-state index is 0.351. The van der Waals surface area contributed by atoms with Crippen LogP contribution in [0.5, 0.6) is 0 Å². The molecule has 1 saturated heterocycles. The van der Waals surface area contributed by atoms with Crippen molar-refractivity contribution in [2.24, 2.45) is 5.92 Å². The molecule has 4 atom stereocenters. The van der Waals surface area contributed by atoms with Crippen molar-refractivity contribution in [2.45, 2.75) is 24.1 Å². The largest absolute Gasteiger partial charge is 0.390 e. The highest BCUT2D eigenvalue weighted by Gasteiger charge is 2.50. The van der Waals surface area contributed by atoms with Gasteiger partial charge in [-0.1, -0.05) is 96.0 Å². The number of halogens is 2. The second-order valence-electron chi connectivity index (χ2n) is 8.63. The zero-order valence-corrected chi connectivity index (χ0v) is 20.0. The molecule has 6 nitrogen and oxygen atoms in total. The number of imide groups is 1. The molecule has 2 amide bonds. The van der Waals surface area contributed by atoms with Crippen molar-refractivity contribution in [3.05, 3.63) is 112 Å². The summed E-state index contributed by atoms with van der Waals surface area (Å²) in [6.07, 6.45) is 2.51. The van der Waals surface area contributed by atoms with Crippen molar-refractivity contribution in [1.29, 1.82) is 0 Å². The normalized spacial score (nSPS) is 22.7. The predicted molar refractivity (Wildman–Crippen MR) is 136 cm³/mol. The van der Waals surface area contributed by atoms with E-state index in [1.165, 1.54) is 0 Å². The van der Waals surface area contributed by atoms with Crippen molar-refractivity contribution < 1.29 is 14.7 Å². The van der Waals surface area contributed by atoms with E-state index in [4.69, 9.17) is 23.2 Å². The molecule has 3 N–H and O–H groups in total. The minimum Gasteiger partial charge on any atom is -0.390 e. The first kappa shape index (κ1) is 23.6. The van der Waals surface area contributed by atoms with Crippen LogP contribution in [0.1, 0.15) is 17.0 Å². The van der Waals surface area contributed by atoms with Crippen molar-refractivity contribution in [1.82, 2.24) is 10.3 Å². The van der Waals surface area contributed by atoms with E-state index in [1.54, 1.807) is 35.4 Å². The van der Waals surface area contributed by atoms with E-state index in [2.05, 4.69) is 10.7 Å². The Kier molecular flexibility index (Phi) is 6.62. The van der Waals surface area contributed by atoms with Crippen LogP contribution in [0.25, 0.3) is 0 Å². The summed E-state index contributed by atoms with van der Waals surface area (Å²) in [7, 11) is 0. The van der Waals surface area contributed by atoms with Crippen LogP contribution in [-0.4, -0.2) is 40.1 Å². The van der Waals surface area contributed by atoms with Gasteiger partial charge in [0.15, 0.2) is 0 Å². The molecule has 178 valence electrons. The van der Waals surface area contributed by atoms with Crippen molar-refractivity contribution in [3.63, 3.8) is 0 Å². The van der Waals surface area contributed by atoms with Crippen LogP contribution in [0.15, 0.2) is 91.0 Å². The molecule has 0 radical (unpaired) electrons. The third kappa shape index (κ3) is 4.58. The highest BCUT2D eigenvalue weighted by atomic mass is 35.5. The number of amides is 2. The van der Waals surface area contributed by atoms with Crippen LogP contribution in [-0.2, 0) is 9.59 Å². The van der Waals surface area contributed by atoms with E-state index < -0.39 is 35.9 Å². The van der Waals surface area contributed by atoms with Crippen molar-refractivity contribution >= 4 is 40.7 Å². The lowest BCUT2D eigenvalue weighted by atomic mass is 9.81. The van der Waals surface area contributed by atoms with Gasteiger partial charge < -0.3 is 10.5 Å². The molecule has 2 aliphatic heterocycles. The van der Waals surface area contributed by atoms with Crippen LogP contribution in [0.2, 0.25) is 10.0 Å². The van der Waals surface area contributed by atoms with Gasteiger partial charge in [0.2, 0.25) is 11.8 Å². The number of fused-ring (bicyclic) bond motifs is 1. The number of nitrogens with one attached hydrogen (secondary N) is 2. The van der Waals surface area contributed by atoms with Crippen LogP contribution < -0.4 is 10.7 Å². The Labute approximate surface area is 213 Å². The zero-order valence-electron chi connectivity index (χ0n) is 18.5. The van der Waals surface area contributed by atoms with E-state index in [-0.39, 0.29) is 5.91 Å². The number of carbonyl (C=O) groups excluding carboxylic acids is 2. The molecule has 8 heteroatoms. The number of hydrogen-bond acceptors (Lipinski definition) is 5. The molecular weight excluding hydrogens is 485 g/mol. The second-order valence-corrected chi connectivity index (χ2v) is 9.48. The first-order valence-corrected chi connectivity index (χ1v) is 12.0. The Bertz CT molecular complexity index is 1230. The Balaban J connectivity index is 1.58. The predicted octanol–water partition coefficient (Wildman–Crippen LogP) is 4.39. The van der Waals surface area contributed by atoms with Gasteiger partial charge >= 0.3 is 0 Å². The topological polar surface area (TPSA) is 81.7 Å². The smallest absolute Gasteiger partial charge is 0.246 e. The SMILES string of the molecule is O=C1NC(=O)C2C1C=CC(C(O)C(c1ccccc1)c1ccccc1)N2Nc1ccc(Cl)cc1Cl. The fourth-order valence-corrected chi connectivity index (χ4v) is 5.29. The highest BCUT2D eigenvalue weighted by Crippen LogP contribution is 2.37. The number of nitrogens with zero attached hydrogens (tertiary/aromatic N) is 1. The number of anilines is 1. The number of benzene rings is 3. The van der Waals surface area contributed by atoms with Gasteiger partial charge in [-0.25, -0.2) is 5.01 Å². The third-order valence-electron chi connectivity index (χ3n) is 6.48. The molecule has 35 heavy (non-hydrogen) atoms. The van der Waals surface area contributed by atoms with Gasteiger partial charge in [-0.3, -0.25) is 14.9 Å². The van der Waals surface area contributed by atoms with Crippen LogP contribution in [0.4, 0.5) is 5.69 Å². The number of aliphatic hydroxyl groups excluding tert-OH is 1. The molecular formula is C27H23Cl2N3O3. The molecule has 0 saturated carbocycles. The fraction of sp³-hybridized carbons (Fsp3) is 0.185. The number of aliphatic hydroxyl groups is 1. The Hall–Kier alpha value is -3.16. The molecule has 0 aliphatic carbocycles. The highest BCUT2D eigenvalue weighted by molar-refractivity contribution is 6.36. The van der Waals surface area contributed by atoms with E-state index >= 15 is 0 Å². The third-order valence-corrected chi connectivity index (χ3v) is 7.03. The molecule has 1 fully saturated rings. The van der Waals surface area contributed by atoms with E-state index in [0.29, 0.717) is 15.7 Å². The van der Waals surface area contributed by atoms with E-state index in [0.717, 1.165) is 11.1 Å². The maximum atomic E-state index is 12.9. The standard InChI is InChI=1S/C27H23Cl2N3O3/c28-18-11-13-21(20(29)15-18)31-32-22(14-12-19-24(32)27(35)30-26(19)34)25(33)23(16-7-3-1-4-8-16)17-9-5-2-6-10-17/h1-15,19,22-25,31,33H,(H,30,34,35). The molecule has 5 rings (SSSR count). The average molecular weight is 508 g/mol. The molecule has 3 aromatic rings. The average Bonchev–Trinajstić information content (AvgIpc) is 3.16. The number of rotatable bonds is 6. The van der Waals surface area contributed by atoms with Gasteiger partial charge in [0.25, 0.3) is 0 Å². The van der Waals surface area contributed by atoms with E-state index in [9.17, 15) is 14.7 Å². The van der Waals surface area contributed by atoms with Crippen molar-refractivity contribution in [3.8, 4) is 0 Å². The molecule has 0 bridgehead atoms. The number of hydrazine groups is 1. The summed E-state index contributed by atoms with van der Waals surface area (Å²) in [5.41, 5.74) is 5.57. The zero-order chi connectivity index (χ0) is 24.5. The molecule has 2 aliphatic rings. The lowest BCUT2D eigenvalue weighted by molar-refractivity contribution is -0.126. The summed E-state index contributed by atoms with van der Waals surface area (Å²) < 4.78 is 0. The van der Waals surface area contributed by atoms with Gasteiger partial charge in [-0.2, -0.15) is 0 Å². The maximum absolute atomic E-state index is 12.9. The number of hydrogen-bond donors (Lipinski definition) is 3. The van der Waals surface area contributed by atoms with Crippen molar-refractivity contribution in [2.75, 3.05) is 5.43 Å². The fourth-order valence-electron chi connectivity index (χ4n) is 4.84. The van der Waals surface area contributed by atoms with Crippen LogP contribution in [0.3, 0.4) is 0 Å². The Morgan fingerprint density at radius 1 is 0.857 bits per heavy atom. The van der Waals surface area contributed by atoms with Gasteiger partial charge in [-0.05, 0) is 29.3 Å². The molecule has 0 spiro atoms. The van der Waals surface area contributed by atoms with Crippen LogP contribution >= 0.6 is 23.2 Å². The lowest BCUT2D eigenvalue weighted by Crippen LogP contribution is -2.58. The molecule has 0 aromatic heterocycles. The van der Waals surface area contributed by atoms with E-state index in [1.807, 2.05) is 60.7 Å². The summed E-state index contributed by atoms with van der Waals surface area (Å²) in [6, 6.07) is 22.9. The molecule has 2 heterocycles. The van der Waals surface area contributed by atoms with Gasteiger partial charge in [0, 0.05) is 10.9 Å². The lowest BCUT2D eigenvalue weighted by Gasteiger charge is -2.42. The van der Waals surface area contributed by atoms with Gasteiger partial charge in [0.1, 0.15) is 6.04 Å². The number of carbonyl (C=O) groups is 2. The van der Waals surface area contributed by atoms with Gasteiger partial charge in [0.05, 0.1) is 28.8 Å². The summed E-state index contributed by atoms with van der Waals surface area (Å²) in [5.74, 6) is -1.89. The summed E-state index contributed by atoms with van der Waals surface area (Å²) in [6.45, 7) is 0. The summed E-state index contributed by atoms with van der Waals surface area (Å²) >= 11 is 12.5. The Morgan fingerprint density at radius 3 is 2.09 bits per heavy atom. The van der Waals surface area contributed by atoms with Gasteiger partial charge in [-0.15, -0.1) is 0 Å².